The Morgan fingerprint density at radius 1 is 1.55 bits per heavy atom. The summed E-state index contributed by atoms with van der Waals surface area (Å²) in [6.45, 7) is 0. The first-order valence-electron chi connectivity index (χ1n) is 6.43. The maximum Gasteiger partial charge on any atom is 0.255 e. The molecule has 0 radical (unpaired) electrons. The summed E-state index contributed by atoms with van der Waals surface area (Å²) in [5, 5.41) is 4.96. The normalized spacial score (nSPS) is 17.6. The number of carbonyl (C=O) groups excluding carboxylic acids is 1. The van der Waals surface area contributed by atoms with Gasteiger partial charge < -0.3 is 11.1 Å². The van der Waals surface area contributed by atoms with Crippen molar-refractivity contribution in [2.45, 2.75) is 25.3 Å². The Kier molecular flexibility index (Phi) is 3.40. The number of nitrogens with two attached hydrogens (primary N) is 1. The monoisotopic (exact) mass is 291 g/mol. The largest absolute Gasteiger partial charge is 0.383 e. The van der Waals surface area contributed by atoms with Crippen LogP contribution in [-0.2, 0) is 6.42 Å². The van der Waals surface area contributed by atoms with E-state index in [0.717, 1.165) is 37.1 Å². The summed E-state index contributed by atoms with van der Waals surface area (Å²) in [5.74, 6) is -0.895. The van der Waals surface area contributed by atoms with Gasteiger partial charge in [0.05, 0.1) is 17.8 Å². The third-order valence-electron chi connectivity index (χ3n) is 3.49. The molecule has 1 aliphatic carbocycles. The number of thiophene rings is 1. The molecule has 3 N–H and O–H groups in total. The van der Waals surface area contributed by atoms with Crippen molar-refractivity contribution in [3.05, 3.63) is 45.5 Å². The van der Waals surface area contributed by atoms with Crippen molar-refractivity contribution in [3.8, 4) is 0 Å². The molecule has 0 aromatic carbocycles. The molecule has 2 aromatic heterocycles. The molecule has 4 nitrogen and oxygen atoms in total. The Labute approximate surface area is 119 Å². The molecule has 2 aromatic rings. The number of hydrogen-bond acceptors (Lipinski definition) is 4. The molecular formula is C14H14FN3OS. The van der Waals surface area contributed by atoms with E-state index in [4.69, 9.17) is 5.73 Å². The Morgan fingerprint density at radius 3 is 3.25 bits per heavy atom. The first-order valence-corrected chi connectivity index (χ1v) is 7.31. The maximum atomic E-state index is 13.2. The highest BCUT2D eigenvalue weighted by atomic mass is 32.1. The maximum absolute atomic E-state index is 13.2. The Bertz CT molecular complexity index is 656. The topological polar surface area (TPSA) is 68.0 Å². The van der Waals surface area contributed by atoms with Gasteiger partial charge in [-0.1, -0.05) is 0 Å². The van der Waals surface area contributed by atoms with E-state index in [1.807, 2.05) is 11.4 Å². The van der Waals surface area contributed by atoms with E-state index >= 15 is 0 Å². The van der Waals surface area contributed by atoms with E-state index in [-0.39, 0.29) is 23.3 Å². The zero-order valence-corrected chi connectivity index (χ0v) is 11.5. The predicted molar refractivity (Wildman–Crippen MR) is 76.1 cm³/mol. The van der Waals surface area contributed by atoms with Gasteiger partial charge in [0.15, 0.2) is 0 Å². The van der Waals surface area contributed by atoms with E-state index in [0.29, 0.717) is 0 Å². The molecule has 104 valence electrons. The van der Waals surface area contributed by atoms with Crippen molar-refractivity contribution < 1.29 is 9.18 Å². The second kappa shape index (κ2) is 5.20. The number of anilines is 1. The van der Waals surface area contributed by atoms with Crippen molar-refractivity contribution >= 4 is 23.1 Å². The molecule has 2 heterocycles. The van der Waals surface area contributed by atoms with Gasteiger partial charge >= 0.3 is 0 Å². The van der Waals surface area contributed by atoms with Crippen LogP contribution in [0, 0.1) is 5.82 Å². The van der Waals surface area contributed by atoms with Crippen LogP contribution in [0.5, 0.6) is 0 Å². The first-order chi connectivity index (χ1) is 9.65. The average Bonchev–Trinajstić information content (AvgIpc) is 2.91. The van der Waals surface area contributed by atoms with E-state index < -0.39 is 5.82 Å². The fourth-order valence-electron chi connectivity index (χ4n) is 2.50. The Morgan fingerprint density at radius 2 is 2.40 bits per heavy atom. The summed E-state index contributed by atoms with van der Waals surface area (Å²) in [7, 11) is 0. The summed E-state index contributed by atoms with van der Waals surface area (Å²) < 4.78 is 13.2. The van der Waals surface area contributed by atoms with Gasteiger partial charge in [-0.25, -0.2) is 9.37 Å². The third kappa shape index (κ3) is 2.38. The van der Waals surface area contributed by atoms with Gasteiger partial charge in [-0.05, 0) is 42.3 Å². The molecule has 0 fully saturated rings. The number of halogens is 1. The molecule has 0 saturated carbocycles. The van der Waals surface area contributed by atoms with E-state index in [1.165, 1.54) is 4.88 Å². The molecule has 1 aliphatic rings. The van der Waals surface area contributed by atoms with Crippen LogP contribution in [-0.4, -0.2) is 10.9 Å². The lowest BCUT2D eigenvalue weighted by atomic mass is 9.94. The molecule has 6 heteroatoms. The zero-order chi connectivity index (χ0) is 14.1. The second-order valence-electron chi connectivity index (χ2n) is 4.80. The summed E-state index contributed by atoms with van der Waals surface area (Å²) in [4.78, 5) is 17.2. The van der Waals surface area contributed by atoms with Gasteiger partial charge in [0.1, 0.15) is 11.6 Å². The number of hydrogen-bond donors (Lipinski definition) is 2. The van der Waals surface area contributed by atoms with E-state index in [1.54, 1.807) is 11.3 Å². The van der Waals surface area contributed by atoms with Crippen molar-refractivity contribution in [1.82, 2.24) is 10.3 Å². The first kappa shape index (κ1) is 13.1. The average molecular weight is 291 g/mol. The van der Waals surface area contributed by atoms with Gasteiger partial charge in [0, 0.05) is 4.88 Å². The third-order valence-corrected chi connectivity index (χ3v) is 4.48. The van der Waals surface area contributed by atoms with Crippen LogP contribution in [0.1, 0.15) is 39.7 Å². The molecule has 1 atom stereocenters. The summed E-state index contributed by atoms with van der Waals surface area (Å²) in [6.07, 6.45) is 3.99. The number of fused-ring (bicyclic) bond motifs is 1. The van der Waals surface area contributed by atoms with Crippen LogP contribution < -0.4 is 11.1 Å². The summed E-state index contributed by atoms with van der Waals surface area (Å²) in [5.41, 5.74) is 6.89. The highest BCUT2D eigenvalue weighted by Gasteiger charge is 2.24. The molecule has 0 spiro atoms. The smallest absolute Gasteiger partial charge is 0.255 e. The molecule has 1 amide bonds. The minimum Gasteiger partial charge on any atom is -0.383 e. The number of amides is 1. The number of aryl methyl sites for hydroxylation is 1. The van der Waals surface area contributed by atoms with Gasteiger partial charge in [-0.2, -0.15) is 0 Å². The van der Waals surface area contributed by atoms with Gasteiger partial charge in [-0.15, -0.1) is 11.3 Å². The fourth-order valence-corrected chi connectivity index (χ4v) is 3.49. The molecule has 0 aliphatic heterocycles. The zero-order valence-electron chi connectivity index (χ0n) is 10.7. The van der Waals surface area contributed by atoms with Crippen LogP contribution in [0.2, 0.25) is 0 Å². The molecule has 0 bridgehead atoms. The minimum atomic E-state index is -0.566. The molecular weight excluding hydrogens is 277 g/mol. The van der Waals surface area contributed by atoms with Crippen LogP contribution >= 0.6 is 11.3 Å². The molecule has 0 saturated heterocycles. The standard InChI is InChI=1S/C14H14FN3OS/c15-8-6-10(13(16)17-7-8)14(19)18-11-2-1-3-12-9(11)4-5-20-12/h4-7,11H,1-3H2,(H2,16,17)(H,18,19). The van der Waals surface area contributed by atoms with E-state index in [9.17, 15) is 9.18 Å². The predicted octanol–water partition coefficient (Wildman–Crippen LogP) is 2.67. The lowest BCUT2D eigenvalue weighted by Crippen LogP contribution is -2.31. The number of nitrogen functional groups attached to an aromatic ring is 1. The number of carbonyl (C=O) groups is 1. The van der Waals surface area contributed by atoms with Crippen LogP contribution in [0.25, 0.3) is 0 Å². The van der Waals surface area contributed by atoms with Crippen molar-refractivity contribution in [2.24, 2.45) is 0 Å². The summed E-state index contributed by atoms with van der Waals surface area (Å²) >= 11 is 1.71. The van der Waals surface area contributed by atoms with Gasteiger partial charge in [0.25, 0.3) is 5.91 Å². The fraction of sp³-hybridized carbons (Fsp3) is 0.286. The lowest BCUT2D eigenvalue weighted by Gasteiger charge is -2.23. The van der Waals surface area contributed by atoms with Crippen LogP contribution in [0.15, 0.2) is 23.7 Å². The Hall–Kier alpha value is -1.95. The quantitative estimate of drug-likeness (QED) is 0.894. The lowest BCUT2D eigenvalue weighted by molar-refractivity contribution is 0.0933. The van der Waals surface area contributed by atoms with Crippen LogP contribution in [0.3, 0.4) is 0 Å². The number of aromatic nitrogens is 1. The van der Waals surface area contributed by atoms with Gasteiger partial charge in [0.2, 0.25) is 0 Å². The minimum absolute atomic E-state index is 0.0276. The summed E-state index contributed by atoms with van der Waals surface area (Å²) in [6, 6.07) is 3.13. The highest BCUT2D eigenvalue weighted by molar-refractivity contribution is 7.10. The van der Waals surface area contributed by atoms with E-state index in [2.05, 4.69) is 10.3 Å². The SMILES string of the molecule is Nc1ncc(F)cc1C(=O)NC1CCCc2sccc21. The molecule has 20 heavy (non-hydrogen) atoms. The van der Waals surface area contributed by atoms with Gasteiger partial charge in [-0.3, -0.25) is 4.79 Å². The number of nitrogens with one attached hydrogen (secondary N) is 1. The molecule has 3 rings (SSSR count). The number of rotatable bonds is 2. The number of pyridine rings is 1. The van der Waals surface area contributed by atoms with Crippen molar-refractivity contribution in [2.75, 3.05) is 5.73 Å². The Balaban J connectivity index is 1.82. The van der Waals surface area contributed by atoms with Crippen molar-refractivity contribution in [3.63, 3.8) is 0 Å². The highest BCUT2D eigenvalue weighted by Crippen LogP contribution is 2.33. The second-order valence-corrected chi connectivity index (χ2v) is 5.80. The molecule has 1 unspecified atom stereocenters. The number of nitrogens with zero attached hydrogens (tertiary/aromatic N) is 1. The van der Waals surface area contributed by atoms with Crippen molar-refractivity contribution in [1.29, 1.82) is 0 Å². The van der Waals surface area contributed by atoms with Crippen LogP contribution in [0.4, 0.5) is 10.2 Å².